The van der Waals surface area contributed by atoms with Crippen molar-refractivity contribution in [3.8, 4) is 0 Å². The summed E-state index contributed by atoms with van der Waals surface area (Å²) in [4.78, 5) is 0. The molecule has 1 aromatic rings. The summed E-state index contributed by atoms with van der Waals surface area (Å²) in [5.41, 5.74) is 1.52. The van der Waals surface area contributed by atoms with Crippen LogP contribution in [0.3, 0.4) is 0 Å². The van der Waals surface area contributed by atoms with E-state index in [4.69, 9.17) is 0 Å². The first-order valence-corrected chi connectivity index (χ1v) is 10.2. The Labute approximate surface area is 168 Å². The fourth-order valence-electron chi connectivity index (χ4n) is 3.63. The lowest BCUT2D eigenvalue weighted by molar-refractivity contribution is -0.941. The predicted molar refractivity (Wildman–Crippen MR) is 104 cm³/mol. The summed E-state index contributed by atoms with van der Waals surface area (Å²) < 4.78 is 1.32. The second kappa shape index (κ2) is 15.2. The van der Waals surface area contributed by atoms with Crippen molar-refractivity contribution < 1.29 is 28.5 Å². The van der Waals surface area contributed by atoms with Crippen molar-refractivity contribution in [2.45, 2.75) is 85.1 Å². The van der Waals surface area contributed by atoms with E-state index in [1.165, 1.54) is 94.0 Å². The molecule has 1 nitrogen and oxygen atoms in total. The van der Waals surface area contributed by atoms with Gasteiger partial charge in [-0.15, -0.1) is 0 Å². The highest BCUT2D eigenvalue weighted by molar-refractivity contribution is 5.13. The van der Waals surface area contributed by atoms with E-state index < -0.39 is 0 Å². The molecule has 2 heteroatoms. The summed E-state index contributed by atoms with van der Waals surface area (Å²) >= 11 is 0. The van der Waals surface area contributed by atoms with E-state index >= 15 is 0 Å². The molecule has 0 spiro atoms. The van der Waals surface area contributed by atoms with E-state index in [1.807, 2.05) is 0 Å². The minimum absolute atomic E-state index is 0. The molecule has 0 saturated heterocycles. The normalized spacial score (nSPS) is 11.3. The van der Waals surface area contributed by atoms with Gasteiger partial charge in [0.25, 0.3) is 0 Å². The molecule has 0 fully saturated rings. The third-order valence-corrected chi connectivity index (χ3v) is 5.07. The lowest BCUT2D eigenvalue weighted by atomic mass is 10.1. The van der Waals surface area contributed by atoms with Crippen LogP contribution in [0.2, 0.25) is 0 Å². The van der Waals surface area contributed by atoms with E-state index in [1.54, 1.807) is 0 Å². The van der Waals surface area contributed by atoms with Crippen LogP contribution in [0.15, 0.2) is 30.3 Å². The van der Waals surface area contributed by atoms with Crippen LogP contribution in [0.1, 0.15) is 84.1 Å². The van der Waals surface area contributed by atoms with E-state index in [0.29, 0.717) is 0 Å². The van der Waals surface area contributed by atoms with Crippen molar-refractivity contribution in [2.24, 2.45) is 0 Å². The molecule has 0 saturated carbocycles. The molecule has 0 bridgehead atoms. The van der Waals surface area contributed by atoms with Crippen LogP contribution in [0.4, 0.5) is 0 Å². The number of hydrogen-bond acceptors (Lipinski definition) is 0. The van der Waals surface area contributed by atoms with Gasteiger partial charge in [0.15, 0.2) is 0 Å². The minimum Gasteiger partial charge on any atom is -1.00 e. The zero-order chi connectivity index (χ0) is 16.8. The maximum atomic E-state index is 2.33. The van der Waals surface area contributed by atoms with Crippen molar-refractivity contribution in [3.63, 3.8) is 0 Å². The Kier molecular flexibility index (Phi) is 15.1. The Morgan fingerprint density at radius 1 is 0.625 bits per heavy atom. The maximum Gasteiger partial charge on any atom is 0.104 e. The van der Waals surface area contributed by atoms with Gasteiger partial charge in [0.2, 0.25) is 0 Å². The number of halogens is 1. The summed E-state index contributed by atoms with van der Waals surface area (Å²) in [5, 5.41) is 0. The smallest absolute Gasteiger partial charge is 0.104 e. The molecule has 0 unspecified atom stereocenters. The fourth-order valence-corrected chi connectivity index (χ4v) is 3.63. The molecule has 0 heterocycles. The lowest BCUT2D eigenvalue weighted by Gasteiger charge is -2.39. The molecule has 0 radical (unpaired) electrons. The second-order valence-corrected chi connectivity index (χ2v) is 7.28. The van der Waals surface area contributed by atoms with Gasteiger partial charge in [0.05, 0.1) is 19.6 Å². The van der Waals surface area contributed by atoms with Crippen molar-refractivity contribution >= 4 is 0 Å². The highest BCUT2D eigenvalue weighted by Gasteiger charge is 2.26. The van der Waals surface area contributed by atoms with Gasteiger partial charge in [-0.2, -0.15) is 0 Å². The first-order chi connectivity index (χ1) is 11.3. The van der Waals surface area contributed by atoms with Gasteiger partial charge in [0, 0.05) is 5.56 Å². The van der Waals surface area contributed by atoms with E-state index in [0.717, 1.165) is 0 Å². The molecule has 140 valence electrons. The van der Waals surface area contributed by atoms with Crippen molar-refractivity contribution in [1.29, 1.82) is 0 Å². The van der Waals surface area contributed by atoms with Crippen LogP contribution < -0.4 is 24.0 Å². The monoisotopic (exact) mass is 445 g/mol. The zero-order valence-electron chi connectivity index (χ0n) is 16.4. The van der Waals surface area contributed by atoms with Gasteiger partial charge in [-0.3, -0.25) is 0 Å². The Hall–Kier alpha value is -0.0900. The fraction of sp³-hybridized carbons (Fsp3) is 0.727. The van der Waals surface area contributed by atoms with Gasteiger partial charge in [-0.05, 0) is 38.5 Å². The minimum atomic E-state index is 0. The third kappa shape index (κ3) is 10.0. The average molecular weight is 445 g/mol. The van der Waals surface area contributed by atoms with Crippen LogP contribution in [-0.2, 0) is 6.54 Å². The Morgan fingerprint density at radius 3 is 1.42 bits per heavy atom. The van der Waals surface area contributed by atoms with Gasteiger partial charge >= 0.3 is 0 Å². The molecule has 0 aliphatic heterocycles. The molecule has 0 aliphatic rings. The van der Waals surface area contributed by atoms with Gasteiger partial charge in [-0.25, -0.2) is 0 Å². The van der Waals surface area contributed by atoms with E-state index in [9.17, 15) is 0 Å². The number of benzene rings is 1. The molecular formula is C22H40IN. The topological polar surface area (TPSA) is 0 Å². The molecule has 24 heavy (non-hydrogen) atoms. The molecule has 1 rings (SSSR count). The molecule has 0 N–H and O–H groups in total. The summed E-state index contributed by atoms with van der Waals surface area (Å²) in [7, 11) is 0. The largest absolute Gasteiger partial charge is 1.00 e. The van der Waals surface area contributed by atoms with Crippen LogP contribution in [0.25, 0.3) is 0 Å². The highest BCUT2D eigenvalue weighted by Crippen LogP contribution is 2.21. The number of hydrogen-bond donors (Lipinski definition) is 0. The molecule has 1 aromatic carbocycles. The molecular weight excluding hydrogens is 405 g/mol. The van der Waals surface area contributed by atoms with Crippen LogP contribution in [0, 0.1) is 0 Å². The molecule has 0 aromatic heterocycles. The van der Waals surface area contributed by atoms with Crippen molar-refractivity contribution in [2.75, 3.05) is 19.6 Å². The van der Waals surface area contributed by atoms with E-state index in [2.05, 4.69) is 51.1 Å². The van der Waals surface area contributed by atoms with Gasteiger partial charge in [-0.1, -0.05) is 70.4 Å². The number of nitrogens with zero attached hydrogens (tertiary/aromatic N) is 1. The predicted octanol–water partition coefficient (Wildman–Crippen LogP) is 3.58. The number of unbranched alkanes of at least 4 members (excludes halogenated alkanes) is 6. The van der Waals surface area contributed by atoms with Crippen LogP contribution in [-0.4, -0.2) is 24.1 Å². The van der Waals surface area contributed by atoms with Crippen LogP contribution in [0.5, 0.6) is 0 Å². The first-order valence-electron chi connectivity index (χ1n) is 10.2. The Morgan fingerprint density at radius 2 is 1.04 bits per heavy atom. The van der Waals surface area contributed by atoms with Gasteiger partial charge < -0.3 is 28.5 Å². The van der Waals surface area contributed by atoms with E-state index in [-0.39, 0.29) is 24.0 Å². The first kappa shape index (κ1) is 23.9. The summed E-state index contributed by atoms with van der Waals surface area (Å²) in [6, 6.07) is 11.2. The molecule has 0 atom stereocenters. The van der Waals surface area contributed by atoms with Gasteiger partial charge in [0.1, 0.15) is 6.54 Å². The Bertz CT molecular complexity index is 350. The number of rotatable bonds is 14. The Balaban J connectivity index is 0.00000529. The maximum absolute atomic E-state index is 2.33. The quantitative estimate of drug-likeness (QED) is 0.233. The summed E-state index contributed by atoms with van der Waals surface area (Å²) in [6.07, 6.45) is 12.3. The standard InChI is InChI=1S/C22H40N.HI/c1-4-7-13-18-23(19-14-8-5-2,20-15-9-6-3)21-22-16-11-10-12-17-22;/h10-12,16-17H,4-9,13-15,18-21H2,1-3H3;1H/q+1;/p-1. The zero-order valence-corrected chi connectivity index (χ0v) is 18.6. The summed E-state index contributed by atoms with van der Waals surface area (Å²) in [6.45, 7) is 12.3. The second-order valence-electron chi connectivity index (χ2n) is 7.28. The molecule has 0 aliphatic carbocycles. The van der Waals surface area contributed by atoms with Crippen molar-refractivity contribution in [1.82, 2.24) is 0 Å². The summed E-state index contributed by atoms with van der Waals surface area (Å²) in [5.74, 6) is 0. The lowest BCUT2D eigenvalue weighted by Crippen LogP contribution is -3.00. The third-order valence-electron chi connectivity index (χ3n) is 5.07. The average Bonchev–Trinajstić information content (AvgIpc) is 2.56. The number of quaternary nitrogens is 1. The highest BCUT2D eigenvalue weighted by atomic mass is 127. The SMILES string of the molecule is CCCCC[N+](CCCCC)(CCCCC)Cc1ccccc1.[I-]. The molecule has 0 amide bonds. The van der Waals surface area contributed by atoms with Crippen LogP contribution >= 0.6 is 0 Å². The van der Waals surface area contributed by atoms with Crippen molar-refractivity contribution in [3.05, 3.63) is 35.9 Å².